The van der Waals surface area contributed by atoms with Gasteiger partial charge >= 0.3 is 0 Å². The first kappa shape index (κ1) is 14.0. The van der Waals surface area contributed by atoms with Gasteiger partial charge in [-0.2, -0.15) is 0 Å². The first-order chi connectivity index (χ1) is 9.74. The van der Waals surface area contributed by atoms with Crippen molar-refractivity contribution >= 4 is 23.5 Å². The smallest absolute Gasteiger partial charge is 0.221 e. The maximum atomic E-state index is 5.70. The summed E-state index contributed by atoms with van der Waals surface area (Å²) in [5.74, 6) is 0.827. The summed E-state index contributed by atoms with van der Waals surface area (Å²) in [5, 5.41) is 2.99. The standard InChI is InChI=1S/C15H15N3OS/c16-15(20)18-17-10-12-6-8-14(9-7-12)19-11-13-4-2-1-3-5-13/h1-10H,11H2,(H3,16,18,20)/p+1. The average molecular weight is 286 g/mol. The summed E-state index contributed by atoms with van der Waals surface area (Å²) in [6.45, 7) is 0.561. The molecule has 0 aliphatic heterocycles. The van der Waals surface area contributed by atoms with Crippen molar-refractivity contribution < 1.29 is 9.84 Å². The predicted molar refractivity (Wildman–Crippen MR) is 83.3 cm³/mol. The Labute approximate surface area is 123 Å². The van der Waals surface area contributed by atoms with Crippen LogP contribution in [0.3, 0.4) is 0 Å². The van der Waals surface area contributed by atoms with Gasteiger partial charge in [0.25, 0.3) is 0 Å². The minimum atomic E-state index is 0.198. The van der Waals surface area contributed by atoms with E-state index in [2.05, 4.69) is 22.7 Å². The number of nitrogens with two attached hydrogens (primary N) is 1. The van der Waals surface area contributed by atoms with Gasteiger partial charge in [-0.15, -0.1) is 10.5 Å². The summed E-state index contributed by atoms with van der Waals surface area (Å²) < 4.78 is 5.70. The predicted octanol–water partition coefficient (Wildman–Crippen LogP) is 0.513. The van der Waals surface area contributed by atoms with Crippen molar-refractivity contribution in [3.8, 4) is 5.75 Å². The monoisotopic (exact) mass is 286 g/mol. The Bertz CT molecular complexity index is 582. The highest BCUT2D eigenvalue weighted by atomic mass is 32.1. The fourth-order valence-electron chi connectivity index (χ4n) is 1.59. The van der Waals surface area contributed by atoms with Crippen LogP contribution in [0.25, 0.3) is 0 Å². The van der Waals surface area contributed by atoms with Crippen LogP contribution < -0.4 is 21.0 Å². The number of benzene rings is 2. The van der Waals surface area contributed by atoms with E-state index in [0.29, 0.717) is 6.61 Å². The zero-order valence-corrected chi connectivity index (χ0v) is 11.7. The number of nitrogens with one attached hydrogen (secondary N) is 2. The lowest BCUT2D eigenvalue weighted by atomic mass is 10.2. The van der Waals surface area contributed by atoms with Gasteiger partial charge in [-0.25, -0.2) is 0 Å². The van der Waals surface area contributed by atoms with E-state index in [1.165, 1.54) is 0 Å². The highest BCUT2D eigenvalue weighted by molar-refractivity contribution is 7.80. The molecule has 0 bridgehead atoms. The minimum Gasteiger partial charge on any atom is -0.489 e. The van der Waals surface area contributed by atoms with E-state index in [0.717, 1.165) is 16.9 Å². The molecule has 20 heavy (non-hydrogen) atoms. The molecule has 0 saturated carbocycles. The third-order valence-electron chi connectivity index (χ3n) is 2.56. The number of hydrazone groups is 1. The number of thiocarbonyl (C=S) groups is 1. The molecule has 0 unspecified atom stereocenters. The van der Waals surface area contributed by atoms with Gasteiger partial charge < -0.3 is 10.5 Å². The number of hydrogen-bond donors (Lipinski definition) is 3. The summed E-state index contributed by atoms with van der Waals surface area (Å²) in [7, 11) is 0. The quantitative estimate of drug-likeness (QED) is 0.426. The zero-order valence-electron chi connectivity index (χ0n) is 10.9. The Hall–Kier alpha value is -2.40. The van der Waals surface area contributed by atoms with E-state index in [4.69, 9.17) is 10.5 Å². The van der Waals surface area contributed by atoms with Crippen molar-refractivity contribution in [3.05, 3.63) is 65.7 Å². The van der Waals surface area contributed by atoms with E-state index >= 15 is 0 Å². The fourth-order valence-corrected chi connectivity index (χ4v) is 1.65. The van der Waals surface area contributed by atoms with Gasteiger partial charge in [0.2, 0.25) is 5.11 Å². The maximum Gasteiger partial charge on any atom is 0.221 e. The molecule has 5 heteroatoms. The van der Waals surface area contributed by atoms with E-state index in [1.54, 1.807) is 6.21 Å². The molecule has 0 aliphatic rings. The van der Waals surface area contributed by atoms with Crippen molar-refractivity contribution in [1.29, 1.82) is 0 Å². The molecule has 0 atom stereocenters. The average Bonchev–Trinajstić information content (AvgIpc) is 2.47. The van der Waals surface area contributed by atoms with E-state index < -0.39 is 0 Å². The van der Waals surface area contributed by atoms with E-state index in [9.17, 15) is 0 Å². The molecule has 0 aliphatic carbocycles. The number of hydrazine groups is 1. The number of rotatable bonds is 5. The topological polar surface area (TPSA) is 61.2 Å². The van der Waals surface area contributed by atoms with Gasteiger partial charge in [0.15, 0.2) is 6.21 Å². The second kappa shape index (κ2) is 7.25. The normalized spacial score (nSPS) is 10.4. The molecule has 4 N–H and O–H groups in total. The first-order valence-corrected chi connectivity index (χ1v) is 6.56. The molecule has 4 nitrogen and oxygen atoms in total. The Morgan fingerprint density at radius 2 is 1.85 bits per heavy atom. The van der Waals surface area contributed by atoms with Gasteiger partial charge in [0, 0.05) is 5.56 Å². The summed E-state index contributed by atoms with van der Waals surface area (Å²) in [6, 6.07) is 17.8. The second-order valence-corrected chi connectivity index (χ2v) is 4.56. The van der Waals surface area contributed by atoms with Crippen molar-refractivity contribution in [2.45, 2.75) is 6.61 Å². The van der Waals surface area contributed by atoms with Gasteiger partial charge in [0.05, 0.1) is 0 Å². The summed E-state index contributed by atoms with van der Waals surface area (Å²) in [5.41, 5.74) is 10.1. The van der Waals surface area contributed by atoms with Crippen LogP contribution in [0.5, 0.6) is 5.75 Å². The molecule has 2 aromatic rings. The minimum absolute atomic E-state index is 0.198. The van der Waals surface area contributed by atoms with Crippen molar-refractivity contribution in [3.63, 3.8) is 0 Å². The lowest BCUT2D eigenvalue weighted by Crippen LogP contribution is -2.82. The maximum absolute atomic E-state index is 5.70. The molecule has 0 aromatic heterocycles. The largest absolute Gasteiger partial charge is 0.489 e. The molecule has 102 valence electrons. The van der Waals surface area contributed by atoms with Crippen molar-refractivity contribution in [2.24, 2.45) is 5.73 Å². The summed E-state index contributed by atoms with van der Waals surface area (Å²) in [4.78, 5) is 0. The van der Waals surface area contributed by atoms with Crippen LogP contribution in [0.2, 0.25) is 0 Å². The number of hydrogen-bond acceptors (Lipinski definition) is 2. The Morgan fingerprint density at radius 1 is 1.15 bits per heavy atom. The highest BCUT2D eigenvalue weighted by Gasteiger charge is 1.97. The van der Waals surface area contributed by atoms with Crippen molar-refractivity contribution in [2.75, 3.05) is 0 Å². The van der Waals surface area contributed by atoms with E-state index in [1.807, 2.05) is 54.6 Å². The lowest BCUT2D eigenvalue weighted by molar-refractivity contribution is -0.499. The molecule has 2 rings (SSSR count). The van der Waals surface area contributed by atoms with E-state index in [-0.39, 0.29) is 5.11 Å². The second-order valence-electron chi connectivity index (χ2n) is 4.12. The molecule has 0 saturated heterocycles. The van der Waals surface area contributed by atoms with Crippen LogP contribution in [-0.4, -0.2) is 11.3 Å². The van der Waals surface area contributed by atoms with Gasteiger partial charge in [-0.3, -0.25) is 0 Å². The van der Waals surface area contributed by atoms with Gasteiger partial charge in [-0.1, -0.05) is 30.3 Å². The summed E-state index contributed by atoms with van der Waals surface area (Å²) in [6.07, 6.45) is 1.76. The zero-order chi connectivity index (χ0) is 14.2. The van der Waals surface area contributed by atoms with Crippen LogP contribution in [0.1, 0.15) is 11.1 Å². The fraction of sp³-hybridized carbons (Fsp3) is 0.0667. The van der Waals surface area contributed by atoms with Crippen LogP contribution in [0.4, 0.5) is 0 Å². The third-order valence-corrected chi connectivity index (χ3v) is 2.66. The van der Waals surface area contributed by atoms with Crippen LogP contribution in [0.15, 0.2) is 54.6 Å². The first-order valence-electron chi connectivity index (χ1n) is 6.15. The summed E-state index contributed by atoms with van der Waals surface area (Å²) >= 11 is 4.68. The molecule has 0 amide bonds. The third kappa shape index (κ3) is 4.70. The van der Waals surface area contributed by atoms with Crippen LogP contribution in [-0.2, 0) is 6.61 Å². The SMILES string of the molecule is NC(=S)N[NH+]=Cc1ccc(OCc2ccccc2)cc1. The number of ether oxygens (including phenoxy) is 1. The molecule has 0 fully saturated rings. The molecular formula is C15H16N3OS+. The Morgan fingerprint density at radius 3 is 2.50 bits per heavy atom. The Balaban J connectivity index is 1.88. The molecule has 0 heterocycles. The van der Waals surface area contributed by atoms with Crippen LogP contribution >= 0.6 is 12.2 Å². The van der Waals surface area contributed by atoms with Crippen LogP contribution in [0, 0.1) is 0 Å². The molecular weight excluding hydrogens is 270 g/mol. The lowest BCUT2D eigenvalue weighted by Gasteiger charge is -2.05. The van der Waals surface area contributed by atoms with Crippen molar-refractivity contribution in [1.82, 2.24) is 5.43 Å². The molecule has 0 radical (unpaired) electrons. The molecule has 2 aromatic carbocycles. The van der Waals surface area contributed by atoms with Gasteiger partial charge in [-0.05, 0) is 42.0 Å². The Kier molecular flexibility index (Phi) is 5.08. The highest BCUT2D eigenvalue weighted by Crippen LogP contribution is 2.13. The molecule has 0 spiro atoms. The van der Waals surface area contributed by atoms with Gasteiger partial charge in [0.1, 0.15) is 12.4 Å².